The monoisotopic (exact) mass is 239 g/mol. The van der Waals surface area contributed by atoms with Crippen LogP contribution < -0.4 is 5.32 Å². The lowest BCUT2D eigenvalue weighted by atomic mass is 9.95. The summed E-state index contributed by atoms with van der Waals surface area (Å²) < 4.78 is 19.0. The van der Waals surface area contributed by atoms with Crippen LogP contribution in [0, 0.1) is 5.82 Å². The summed E-state index contributed by atoms with van der Waals surface area (Å²) in [6.45, 7) is 3.76. The fraction of sp³-hybridized carbons (Fsp3) is 0.462. The van der Waals surface area contributed by atoms with E-state index in [-0.39, 0.29) is 18.3 Å². The third-order valence-corrected chi connectivity index (χ3v) is 2.84. The first kappa shape index (κ1) is 13.6. The van der Waals surface area contributed by atoms with Crippen LogP contribution in [0.4, 0.5) is 4.39 Å². The summed E-state index contributed by atoms with van der Waals surface area (Å²) in [7, 11) is 1.50. The number of amides is 1. The van der Waals surface area contributed by atoms with Crippen LogP contribution in [0.5, 0.6) is 0 Å². The number of benzene rings is 1. The molecule has 0 aliphatic heterocycles. The highest BCUT2D eigenvalue weighted by atomic mass is 19.1. The predicted molar refractivity (Wildman–Crippen MR) is 64.1 cm³/mol. The molecule has 1 unspecified atom stereocenters. The van der Waals surface area contributed by atoms with Crippen molar-refractivity contribution in [3.05, 3.63) is 35.6 Å². The molecule has 0 radical (unpaired) electrons. The largest absolute Gasteiger partial charge is 0.372 e. The number of hydrogen-bond acceptors (Lipinski definition) is 2. The minimum absolute atomic E-state index is 0.0791. The third-order valence-electron chi connectivity index (χ3n) is 2.84. The van der Waals surface area contributed by atoms with Crippen LogP contribution in [-0.4, -0.2) is 19.6 Å². The first-order chi connectivity index (χ1) is 8.03. The van der Waals surface area contributed by atoms with E-state index >= 15 is 0 Å². The molecule has 0 heterocycles. The average molecular weight is 239 g/mol. The standard InChI is InChI=1S/C13H18FNO2/c1-4-12(16)15-9-13(2,17-3)10-7-5-6-8-11(10)14/h5-8H,4,9H2,1-3H3,(H,15,16). The van der Waals surface area contributed by atoms with Crippen LogP contribution in [-0.2, 0) is 15.1 Å². The Morgan fingerprint density at radius 3 is 2.65 bits per heavy atom. The van der Waals surface area contributed by atoms with Crippen molar-refractivity contribution in [2.24, 2.45) is 0 Å². The van der Waals surface area contributed by atoms with Crippen molar-refractivity contribution in [1.82, 2.24) is 5.32 Å². The molecular formula is C13H18FNO2. The molecule has 17 heavy (non-hydrogen) atoms. The van der Waals surface area contributed by atoms with E-state index in [9.17, 15) is 9.18 Å². The van der Waals surface area contributed by atoms with Gasteiger partial charge in [0.05, 0.1) is 6.54 Å². The summed E-state index contributed by atoms with van der Waals surface area (Å²) in [6.07, 6.45) is 0.400. The SMILES string of the molecule is CCC(=O)NCC(C)(OC)c1ccccc1F. The Kier molecular flexibility index (Phi) is 4.63. The van der Waals surface area contributed by atoms with Crippen molar-refractivity contribution in [2.45, 2.75) is 25.9 Å². The number of hydrogen-bond donors (Lipinski definition) is 1. The minimum Gasteiger partial charge on any atom is -0.372 e. The van der Waals surface area contributed by atoms with E-state index in [1.54, 1.807) is 32.0 Å². The molecule has 1 aromatic carbocycles. The Morgan fingerprint density at radius 2 is 2.12 bits per heavy atom. The second-order valence-corrected chi connectivity index (χ2v) is 4.05. The topological polar surface area (TPSA) is 38.3 Å². The van der Waals surface area contributed by atoms with Gasteiger partial charge in [0.2, 0.25) is 5.91 Å². The van der Waals surface area contributed by atoms with Crippen molar-refractivity contribution in [1.29, 1.82) is 0 Å². The van der Waals surface area contributed by atoms with E-state index < -0.39 is 5.60 Å². The van der Waals surface area contributed by atoms with Gasteiger partial charge in [-0.1, -0.05) is 25.1 Å². The molecule has 1 atom stereocenters. The molecule has 1 N–H and O–H groups in total. The van der Waals surface area contributed by atoms with Gasteiger partial charge in [0, 0.05) is 19.1 Å². The summed E-state index contributed by atoms with van der Waals surface area (Å²) >= 11 is 0. The molecule has 0 saturated carbocycles. The number of methoxy groups -OCH3 is 1. The van der Waals surface area contributed by atoms with Crippen LogP contribution in [0.3, 0.4) is 0 Å². The van der Waals surface area contributed by atoms with Crippen molar-refractivity contribution >= 4 is 5.91 Å². The first-order valence-corrected chi connectivity index (χ1v) is 5.60. The maximum absolute atomic E-state index is 13.7. The van der Waals surface area contributed by atoms with Crippen molar-refractivity contribution in [2.75, 3.05) is 13.7 Å². The summed E-state index contributed by atoms with van der Waals surface area (Å²) in [4.78, 5) is 11.2. The van der Waals surface area contributed by atoms with Gasteiger partial charge in [0.25, 0.3) is 0 Å². The summed E-state index contributed by atoms with van der Waals surface area (Å²) in [5.41, 5.74) is -0.408. The molecule has 0 bridgehead atoms. The molecular weight excluding hydrogens is 221 g/mol. The second-order valence-electron chi connectivity index (χ2n) is 4.05. The number of carbonyl (C=O) groups is 1. The van der Waals surface area contributed by atoms with E-state index in [1.807, 2.05) is 0 Å². The van der Waals surface area contributed by atoms with Gasteiger partial charge in [-0.2, -0.15) is 0 Å². The van der Waals surface area contributed by atoms with E-state index in [4.69, 9.17) is 4.74 Å². The Morgan fingerprint density at radius 1 is 1.47 bits per heavy atom. The van der Waals surface area contributed by atoms with Crippen LogP contribution in [0.15, 0.2) is 24.3 Å². The van der Waals surface area contributed by atoms with Gasteiger partial charge in [-0.25, -0.2) is 4.39 Å². The Bertz CT molecular complexity index is 395. The molecule has 94 valence electrons. The Balaban J connectivity index is 2.88. The van der Waals surface area contributed by atoms with Crippen molar-refractivity contribution < 1.29 is 13.9 Å². The van der Waals surface area contributed by atoms with Crippen LogP contribution >= 0.6 is 0 Å². The van der Waals surface area contributed by atoms with E-state index in [1.165, 1.54) is 13.2 Å². The zero-order valence-corrected chi connectivity index (χ0v) is 10.4. The first-order valence-electron chi connectivity index (χ1n) is 5.60. The molecule has 0 saturated heterocycles. The number of halogens is 1. The summed E-state index contributed by atoms with van der Waals surface area (Å²) in [5.74, 6) is -0.410. The Labute approximate surface area is 101 Å². The van der Waals surface area contributed by atoms with Gasteiger partial charge < -0.3 is 10.1 Å². The number of nitrogens with one attached hydrogen (secondary N) is 1. The lowest BCUT2D eigenvalue weighted by molar-refractivity contribution is -0.122. The molecule has 0 fully saturated rings. The second kappa shape index (κ2) is 5.77. The highest BCUT2D eigenvalue weighted by Crippen LogP contribution is 2.26. The zero-order chi connectivity index (χ0) is 12.9. The quantitative estimate of drug-likeness (QED) is 0.855. The van der Waals surface area contributed by atoms with E-state index in [0.29, 0.717) is 12.0 Å². The van der Waals surface area contributed by atoms with Gasteiger partial charge >= 0.3 is 0 Å². The van der Waals surface area contributed by atoms with E-state index in [0.717, 1.165) is 0 Å². The molecule has 3 nitrogen and oxygen atoms in total. The number of rotatable bonds is 5. The van der Waals surface area contributed by atoms with Crippen LogP contribution in [0.25, 0.3) is 0 Å². The number of carbonyl (C=O) groups excluding carboxylic acids is 1. The molecule has 0 spiro atoms. The molecule has 0 aliphatic rings. The van der Waals surface area contributed by atoms with Gasteiger partial charge in [-0.15, -0.1) is 0 Å². The van der Waals surface area contributed by atoms with Crippen LogP contribution in [0.2, 0.25) is 0 Å². The molecule has 1 rings (SSSR count). The van der Waals surface area contributed by atoms with E-state index in [2.05, 4.69) is 5.32 Å². The fourth-order valence-electron chi connectivity index (χ4n) is 1.56. The summed E-state index contributed by atoms with van der Waals surface area (Å²) in [5, 5.41) is 2.72. The van der Waals surface area contributed by atoms with Gasteiger partial charge in [-0.05, 0) is 13.0 Å². The highest BCUT2D eigenvalue weighted by molar-refractivity contribution is 5.75. The lowest BCUT2D eigenvalue weighted by Crippen LogP contribution is -2.40. The number of ether oxygens (including phenoxy) is 1. The van der Waals surface area contributed by atoms with Crippen molar-refractivity contribution in [3.63, 3.8) is 0 Å². The molecule has 4 heteroatoms. The highest BCUT2D eigenvalue weighted by Gasteiger charge is 2.29. The summed E-state index contributed by atoms with van der Waals surface area (Å²) in [6, 6.07) is 6.42. The van der Waals surface area contributed by atoms with Gasteiger partial charge in [0.1, 0.15) is 11.4 Å². The Hall–Kier alpha value is -1.42. The van der Waals surface area contributed by atoms with Crippen molar-refractivity contribution in [3.8, 4) is 0 Å². The maximum Gasteiger partial charge on any atom is 0.219 e. The minimum atomic E-state index is -0.851. The molecule has 0 aliphatic carbocycles. The maximum atomic E-state index is 13.7. The fourth-order valence-corrected chi connectivity index (χ4v) is 1.56. The predicted octanol–water partition coefficient (Wildman–Crippen LogP) is 2.21. The normalized spacial score (nSPS) is 14.1. The zero-order valence-electron chi connectivity index (χ0n) is 10.4. The van der Waals surface area contributed by atoms with Crippen LogP contribution in [0.1, 0.15) is 25.8 Å². The van der Waals surface area contributed by atoms with Gasteiger partial charge in [-0.3, -0.25) is 4.79 Å². The average Bonchev–Trinajstić information content (AvgIpc) is 2.36. The van der Waals surface area contributed by atoms with Gasteiger partial charge in [0.15, 0.2) is 0 Å². The molecule has 1 amide bonds. The molecule has 0 aromatic heterocycles. The molecule has 1 aromatic rings. The lowest BCUT2D eigenvalue weighted by Gasteiger charge is -2.29. The third kappa shape index (κ3) is 3.27. The smallest absolute Gasteiger partial charge is 0.219 e.